The van der Waals surface area contributed by atoms with Crippen LogP contribution in [0.3, 0.4) is 0 Å². The van der Waals surface area contributed by atoms with E-state index < -0.39 is 10.0 Å². The highest BCUT2D eigenvalue weighted by atomic mass is 32.2. The van der Waals surface area contributed by atoms with Gasteiger partial charge in [-0.3, -0.25) is 4.79 Å². The number of hydrogen-bond donors (Lipinski definition) is 1. The second-order valence-electron chi connectivity index (χ2n) is 12.5. The van der Waals surface area contributed by atoms with Gasteiger partial charge in [-0.2, -0.15) is 4.31 Å². The second-order valence-corrected chi connectivity index (χ2v) is 14.3. The van der Waals surface area contributed by atoms with Crippen LogP contribution in [0.15, 0.2) is 47.4 Å². The highest BCUT2D eigenvalue weighted by Crippen LogP contribution is 2.34. The lowest BCUT2D eigenvalue weighted by Gasteiger charge is -2.37. The van der Waals surface area contributed by atoms with Gasteiger partial charge in [0.15, 0.2) is 0 Å². The Labute approximate surface area is 247 Å². The Hall–Kier alpha value is -2.26. The maximum Gasteiger partial charge on any atom is 0.246 e. The molecule has 2 unspecified atom stereocenters. The number of carbonyl (C=O) groups is 1. The molecule has 2 aromatic carbocycles. The maximum atomic E-state index is 13.3. The summed E-state index contributed by atoms with van der Waals surface area (Å²) in [4.78, 5) is 15.4. The number of carbonyl (C=O) groups excluding carboxylic acids is 1. The van der Waals surface area contributed by atoms with Gasteiger partial charge in [0, 0.05) is 25.7 Å². The van der Waals surface area contributed by atoms with Crippen molar-refractivity contribution in [1.29, 1.82) is 0 Å². The molecule has 0 radical (unpaired) electrons. The van der Waals surface area contributed by atoms with E-state index in [2.05, 4.69) is 54.6 Å². The van der Waals surface area contributed by atoms with Crippen molar-refractivity contribution >= 4 is 15.9 Å². The fraction of sp³-hybridized carbons (Fsp3) is 0.606. The van der Waals surface area contributed by atoms with E-state index in [1.165, 1.54) is 29.1 Å². The van der Waals surface area contributed by atoms with Crippen LogP contribution < -0.4 is 5.32 Å². The number of benzene rings is 2. The summed E-state index contributed by atoms with van der Waals surface area (Å²) in [7, 11) is 0.802. The molecular formula is C33H49N3O4S. The molecule has 8 heteroatoms. The predicted octanol–water partition coefficient (Wildman–Crippen LogP) is 4.88. The van der Waals surface area contributed by atoms with Crippen LogP contribution in [-0.4, -0.2) is 76.0 Å². The smallest absolute Gasteiger partial charge is 0.246 e. The maximum absolute atomic E-state index is 13.3. The quantitative estimate of drug-likeness (QED) is 0.386. The molecule has 0 aromatic heterocycles. The van der Waals surface area contributed by atoms with Crippen molar-refractivity contribution in [2.45, 2.75) is 82.8 Å². The van der Waals surface area contributed by atoms with Crippen molar-refractivity contribution in [2.75, 3.05) is 40.3 Å². The van der Waals surface area contributed by atoms with E-state index in [0.717, 1.165) is 36.0 Å². The summed E-state index contributed by atoms with van der Waals surface area (Å²) in [5, 5.41) is 3.07. The monoisotopic (exact) mass is 583 g/mol. The molecule has 2 aromatic rings. The molecule has 0 bridgehead atoms. The summed E-state index contributed by atoms with van der Waals surface area (Å²) < 4.78 is 34.0. The molecule has 1 aliphatic carbocycles. The van der Waals surface area contributed by atoms with Gasteiger partial charge in [-0.05, 0) is 108 Å². The molecule has 1 heterocycles. The number of hydrogen-bond acceptors (Lipinski definition) is 5. The number of nitrogens with one attached hydrogen (secondary N) is 1. The fourth-order valence-corrected chi connectivity index (χ4v) is 8.81. The Morgan fingerprint density at radius 1 is 1.02 bits per heavy atom. The minimum Gasteiger partial charge on any atom is -0.367 e. The number of amides is 1. The molecule has 1 aliphatic heterocycles. The summed E-state index contributed by atoms with van der Waals surface area (Å²) in [5.74, 6) is 1.07. The van der Waals surface area contributed by atoms with E-state index in [4.69, 9.17) is 4.74 Å². The highest BCUT2D eigenvalue weighted by molar-refractivity contribution is 7.89. The lowest BCUT2D eigenvalue weighted by molar-refractivity contribution is -0.127. The zero-order valence-electron chi connectivity index (χ0n) is 25.6. The number of nitrogens with zero attached hydrogens (tertiary/aromatic N) is 2. The van der Waals surface area contributed by atoms with Gasteiger partial charge in [0.1, 0.15) is 6.61 Å². The third kappa shape index (κ3) is 8.40. The van der Waals surface area contributed by atoms with Crippen LogP contribution >= 0.6 is 0 Å². The minimum atomic E-state index is -3.60. The van der Waals surface area contributed by atoms with Crippen molar-refractivity contribution in [1.82, 2.24) is 14.5 Å². The first kappa shape index (κ1) is 31.7. The summed E-state index contributed by atoms with van der Waals surface area (Å²) in [6.07, 6.45) is 7.26. The average molecular weight is 584 g/mol. The van der Waals surface area contributed by atoms with Crippen LogP contribution in [0.5, 0.6) is 0 Å². The molecule has 1 saturated carbocycles. The van der Waals surface area contributed by atoms with Gasteiger partial charge in [-0.1, -0.05) is 48.0 Å². The Balaban J connectivity index is 1.17. The van der Waals surface area contributed by atoms with E-state index in [0.29, 0.717) is 42.3 Å². The molecule has 1 N–H and O–H groups in total. The third-order valence-corrected chi connectivity index (χ3v) is 11.2. The van der Waals surface area contributed by atoms with Crippen molar-refractivity contribution in [3.63, 3.8) is 0 Å². The summed E-state index contributed by atoms with van der Waals surface area (Å²) in [6, 6.07) is 15.1. The predicted molar refractivity (Wildman–Crippen MR) is 164 cm³/mol. The standard InChI is InChI=1S/C33H49N3O4S/c1-24-19-25(2)33(26(3)20-24)41(38,39)36-18-17-30(22-36)40-23-32(37)34-21-28-11-14-29(15-12-28)31(35(4)5)16-13-27-9-7-6-8-10-27/h6-10,19-20,28-31H,11-18,21-23H2,1-5H3,(H,34,37). The Kier molecular flexibility index (Phi) is 11.0. The van der Waals surface area contributed by atoms with Gasteiger partial charge in [0.05, 0.1) is 11.0 Å². The molecule has 7 nitrogen and oxygen atoms in total. The van der Waals surface area contributed by atoms with Crippen LogP contribution in [0.4, 0.5) is 0 Å². The third-order valence-electron chi connectivity index (χ3n) is 9.02. The molecule has 2 fully saturated rings. The van der Waals surface area contributed by atoms with E-state index >= 15 is 0 Å². The van der Waals surface area contributed by atoms with E-state index in [1.54, 1.807) is 0 Å². The minimum absolute atomic E-state index is 0.0291. The average Bonchev–Trinajstić information content (AvgIpc) is 3.41. The zero-order valence-corrected chi connectivity index (χ0v) is 26.4. The SMILES string of the molecule is Cc1cc(C)c(S(=O)(=O)N2CCC(OCC(=O)NCC3CCC(C(CCc4ccccc4)N(C)C)CC3)C2)c(C)c1. The molecule has 2 atom stereocenters. The molecule has 1 saturated heterocycles. The molecular weight excluding hydrogens is 534 g/mol. The molecule has 1 amide bonds. The first-order chi connectivity index (χ1) is 19.5. The Bertz CT molecular complexity index is 1230. The van der Waals surface area contributed by atoms with Crippen LogP contribution in [0.1, 0.15) is 60.8 Å². The van der Waals surface area contributed by atoms with Crippen molar-refractivity contribution < 1.29 is 17.9 Å². The normalized spacial score (nSPS) is 22.6. The first-order valence-electron chi connectivity index (χ1n) is 15.2. The van der Waals surface area contributed by atoms with Gasteiger partial charge >= 0.3 is 0 Å². The van der Waals surface area contributed by atoms with Crippen LogP contribution in [0.25, 0.3) is 0 Å². The van der Waals surface area contributed by atoms with Gasteiger partial charge < -0.3 is 15.0 Å². The topological polar surface area (TPSA) is 78.9 Å². The van der Waals surface area contributed by atoms with Crippen molar-refractivity contribution in [3.05, 3.63) is 64.7 Å². The number of sulfonamides is 1. The Morgan fingerprint density at radius 3 is 2.32 bits per heavy atom. The summed E-state index contributed by atoms with van der Waals surface area (Å²) >= 11 is 0. The largest absolute Gasteiger partial charge is 0.367 e. The molecule has 41 heavy (non-hydrogen) atoms. The van der Waals surface area contributed by atoms with Crippen LogP contribution in [-0.2, 0) is 26.0 Å². The first-order valence-corrected chi connectivity index (χ1v) is 16.6. The Morgan fingerprint density at radius 2 is 1.68 bits per heavy atom. The van der Waals surface area contributed by atoms with E-state index in [-0.39, 0.29) is 25.2 Å². The van der Waals surface area contributed by atoms with Crippen LogP contribution in [0.2, 0.25) is 0 Å². The zero-order chi connectivity index (χ0) is 29.6. The van der Waals surface area contributed by atoms with Crippen molar-refractivity contribution in [2.24, 2.45) is 11.8 Å². The van der Waals surface area contributed by atoms with Crippen molar-refractivity contribution in [3.8, 4) is 0 Å². The van der Waals surface area contributed by atoms with Gasteiger partial charge in [0.25, 0.3) is 0 Å². The molecule has 0 spiro atoms. The molecule has 4 rings (SSSR count). The number of rotatable bonds is 12. The van der Waals surface area contributed by atoms with E-state index in [1.807, 2.05) is 32.9 Å². The number of ether oxygens (including phenoxy) is 1. The van der Waals surface area contributed by atoms with Gasteiger partial charge in [-0.25, -0.2) is 8.42 Å². The summed E-state index contributed by atoms with van der Waals surface area (Å²) in [6.45, 7) is 7.01. The van der Waals surface area contributed by atoms with Gasteiger partial charge in [0.2, 0.25) is 15.9 Å². The van der Waals surface area contributed by atoms with Crippen LogP contribution in [0, 0.1) is 32.6 Å². The second kappa shape index (κ2) is 14.3. The summed E-state index contributed by atoms with van der Waals surface area (Å²) in [5.41, 5.74) is 3.99. The fourth-order valence-electron chi connectivity index (χ4n) is 6.91. The molecule has 226 valence electrons. The lowest BCUT2D eigenvalue weighted by atomic mass is 9.76. The highest BCUT2D eigenvalue weighted by Gasteiger charge is 2.35. The molecule has 2 aliphatic rings. The van der Waals surface area contributed by atoms with E-state index in [9.17, 15) is 13.2 Å². The van der Waals surface area contributed by atoms with Gasteiger partial charge in [-0.15, -0.1) is 0 Å². The number of aryl methyl sites for hydroxylation is 4. The lowest BCUT2D eigenvalue weighted by Crippen LogP contribution is -2.40.